The van der Waals surface area contributed by atoms with Crippen LogP contribution in [-0.4, -0.2) is 11.9 Å². The van der Waals surface area contributed by atoms with Crippen molar-refractivity contribution in [1.29, 1.82) is 0 Å². The molecule has 2 heteroatoms. The zero-order valence-electron chi connectivity index (χ0n) is 10.9. The zero-order valence-corrected chi connectivity index (χ0v) is 12.5. The van der Waals surface area contributed by atoms with Crippen LogP contribution in [0.4, 0.5) is 0 Å². The Morgan fingerprint density at radius 1 is 1.28 bits per heavy atom. The topological polar surface area (TPSA) is 9.23 Å². The highest BCUT2D eigenvalue weighted by Crippen LogP contribution is 2.51. The van der Waals surface area contributed by atoms with Gasteiger partial charge < -0.3 is 4.74 Å². The van der Waals surface area contributed by atoms with E-state index in [0.717, 1.165) is 29.9 Å². The predicted molar refractivity (Wildman–Crippen MR) is 78.4 cm³/mol. The lowest BCUT2D eigenvalue weighted by Gasteiger charge is -2.27. The summed E-state index contributed by atoms with van der Waals surface area (Å²) in [5.74, 6) is 3.92. The minimum absolute atomic E-state index is 0.615. The summed E-state index contributed by atoms with van der Waals surface area (Å²) in [7, 11) is 1.76. The van der Waals surface area contributed by atoms with Gasteiger partial charge in [0.1, 0.15) is 5.75 Å². The van der Waals surface area contributed by atoms with E-state index in [2.05, 4.69) is 34.1 Å². The lowest BCUT2D eigenvalue weighted by molar-refractivity contribution is 0.324. The molecule has 4 unspecified atom stereocenters. The first-order valence-corrected chi connectivity index (χ1v) is 7.95. The van der Waals surface area contributed by atoms with Gasteiger partial charge in [-0.1, -0.05) is 40.5 Å². The normalized spacial score (nSPS) is 31.6. The molecule has 1 nitrogen and oxygen atoms in total. The van der Waals surface area contributed by atoms with Crippen molar-refractivity contribution in [3.05, 3.63) is 29.8 Å². The number of halogens is 1. The van der Waals surface area contributed by atoms with Gasteiger partial charge in [0.05, 0.1) is 7.11 Å². The summed E-state index contributed by atoms with van der Waals surface area (Å²) in [5.41, 5.74) is 1.34. The summed E-state index contributed by atoms with van der Waals surface area (Å²) in [4.78, 5) is 0.615. The third kappa shape index (κ3) is 2.32. The number of para-hydroxylation sites is 1. The minimum Gasteiger partial charge on any atom is -0.496 e. The first kappa shape index (κ1) is 12.5. The van der Waals surface area contributed by atoms with Crippen molar-refractivity contribution in [3.63, 3.8) is 0 Å². The molecule has 0 saturated heterocycles. The average molecular weight is 309 g/mol. The van der Waals surface area contributed by atoms with E-state index in [1.54, 1.807) is 7.11 Å². The fraction of sp³-hybridized carbons (Fsp3) is 0.625. The number of fused-ring (bicyclic) bond motifs is 2. The maximum absolute atomic E-state index is 5.45. The van der Waals surface area contributed by atoms with Crippen molar-refractivity contribution < 1.29 is 4.74 Å². The van der Waals surface area contributed by atoms with Gasteiger partial charge in [-0.05, 0) is 55.1 Å². The van der Waals surface area contributed by atoms with Crippen molar-refractivity contribution in [2.75, 3.05) is 7.11 Å². The first-order valence-electron chi connectivity index (χ1n) is 7.04. The van der Waals surface area contributed by atoms with Gasteiger partial charge in [0.15, 0.2) is 0 Å². The van der Waals surface area contributed by atoms with Crippen LogP contribution < -0.4 is 4.74 Å². The van der Waals surface area contributed by atoms with E-state index >= 15 is 0 Å². The Labute approximate surface area is 118 Å². The van der Waals surface area contributed by atoms with Crippen LogP contribution >= 0.6 is 15.9 Å². The van der Waals surface area contributed by atoms with Crippen molar-refractivity contribution in [1.82, 2.24) is 0 Å². The Morgan fingerprint density at radius 2 is 2.11 bits per heavy atom. The summed E-state index contributed by atoms with van der Waals surface area (Å²) < 4.78 is 5.45. The molecule has 0 aromatic heterocycles. The Hall–Kier alpha value is -0.500. The molecular formula is C16H21BrO. The monoisotopic (exact) mass is 308 g/mol. The van der Waals surface area contributed by atoms with Crippen LogP contribution in [0, 0.1) is 17.8 Å². The molecule has 1 aromatic carbocycles. The van der Waals surface area contributed by atoms with Crippen LogP contribution in [0.1, 0.15) is 31.2 Å². The summed E-state index contributed by atoms with van der Waals surface area (Å²) in [5, 5.41) is 0. The summed E-state index contributed by atoms with van der Waals surface area (Å²) in [6.07, 6.45) is 6.96. The highest BCUT2D eigenvalue weighted by Gasteiger charge is 2.42. The van der Waals surface area contributed by atoms with Gasteiger partial charge >= 0.3 is 0 Å². The third-order valence-corrected chi connectivity index (χ3v) is 5.87. The number of benzene rings is 1. The number of hydrogen-bond acceptors (Lipinski definition) is 1. The highest BCUT2D eigenvalue weighted by atomic mass is 79.9. The van der Waals surface area contributed by atoms with Crippen molar-refractivity contribution in [2.24, 2.45) is 17.8 Å². The molecule has 0 aliphatic heterocycles. The molecule has 1 aromatic rings. The van der Waals surface area contributed by atoms with Crippen LogP contribution in [-0.2, 0) is 6.42 Å². The molecule has 2 saturated carbocycles. The molecule has 2 aliphatic rings. The van der Waals surface area contributed by atoms with Gasteiger partial charge in [-0.15, -0.1) is 0 Å². The number of rotatable bonds is 4. The SMILES string of the molecule is COc1ccccc1CC(Br)C1CC2CCC1C2. The average Bonchev–Trinajstić information content (AvgIpc) is 3.01. The van der Waals surface area contributed by atoms with E-state index in [1.807, 2.05) is 6.07 Å². The molecule has 98 valence electrons. The third-order valence-electron chi connectivity index (χ3n) is 4.86. The lowest BCUT2D eigenvalue weighted by Crippen LogP contribution is -2.23. The molecule has 0 heterocycles. The standard InChI is InChI=1S/C16H21BrO/c1-18-16-5-3-2-4-13(16)10-15(17)14-9-11-6-7-12(14)8-11/h2-5,11-12,14-15H,6-10H2,1H3. The van der Waals surface area contributed by atoms with E-state index < -0.39 is 0 Å². The first-order chi connectivity index (χ1) is 8.78. The second kappa shape index (κ2) is 5.24. The Kier molecular flexibility index (Phi) is 3.65. The van der Waals surface area contributed by atoms with Crippen LogP contribution in [0.2, 0.25) is 0 Å². The Morgan fingerprint density at radius 3 is 2.78 bits per heavy atom. The smallest absolute Gasteiger partial charge is 0.122 e. The van der Waals surface area contributed by atoms with Gasteiger partial charge in [0.25, 0.3) is 0 Å². The minimum atomic E-state index is 0.615. The van der Waals surface area contributed by atoms with Crippen LogP contribution in [0.15, 0.2) is 24.3 Å². The summed E-state index contributed by atoms with van der Waals surface area (Å²) >= 11 is 3.95. The molecule has 0 spiro atoms. The molecule has 0 N–H and O–H groups in total. The number of methoxy groups -OCH3 is 1. The maximum atomic E-state index is 5.45. The molecule has 18 heavy (non-hydrogen) atoms. The van der Waals surface area contributed by atoms with E-state index in [4.69, 9.17) is 4.74 Å². The van der Waals surface area contributed by atoms with E-state index in [1.165, 1.54) is 31.2 Å². The molecule has 3 rings (SSSR count). The molecule has 4 atom stereocenters. The van der Waals surface area contributed by atoms with E-state index in [9.17, 15) is 0 Å². The molecule has 2 aliphatic carbocycles. The van der Waals surface area contributed by atoms with Crippen molar-refractivity contribution in [2.45, 2.75) is 36.9 Å². The zero-order chi connectivity index (χ0) is 12.5. The van der Waals surface area contributed by atoms with Crippen molar-refractivity contribution >= 4 is 15.9 Å². The highest BCUT2D eigenvalue weighted by molar-refractivity contribution is 9.09. The van der Waals surface area contributed by atoms with Gasteiger partial charge in [-0.25, -0.2) is 0 Å². The fourth-order valence-electron chi connectivity index (χ4n) is 3.97. The molecule has 2 fully saturated rings. The van der Waals surface area contributed by atoms with Gasteiger partial charge in [0, 0.05) is 4.83 Å². The molecular weight excluding hydrogens is 288 g/mol. The van der Waals surface area contributed by atoms with Gasteiger partial charge in [-0.2, -0.15) is 0 Å². The van der Waals surface area contributed by atoms with Crippen LogP contribution in [0.5, 0.6) is 5.75 Å². The Balaban J connectivity index is 1.69. The molecule has 0 radical (unpaired) electrons. The number of hydrogen-bond donors (Lipinski definition) is 0. The quantitative estimate of drug-likeness (QED) is 0.747. The van der Waals surface area contributed by atoms with Gasteiger partial charge in [-0.3, -0.25) is 0 Å². The van der Waals surface area contributed by atoms with E-state index in [-0.39, 0.29) is 0 Å². The van der Waals surface area contributed by atoms with Crippen LogP contribution in [0.25, 0.3) is 0 Å². The fourth-order valence-corrected chi connectivity index (χ4v) is 4.97. The Bertz CT molecular complexity index is 417. The maximum Gasteiger partial charge on any atom is 0.122 e. The molecule has 2 bridgehead atoms. The summed E-state index contributed by atoms with van der Waals surface area (Å²) in [6, 6.07) is 8.41. The predicted octanol–water partition coefficient (Wildman–Crippen LogP) is 4.44. The second-order valence-corrected chi connectivity index (χ2v) is 7.05. The lowest BCUT2D eigenvalue weighted by atomic mass is 9.84. The number of alkyl halides is 1. The summed E-state index contributed by atoms with van der Waals surface area (Å²) in [6.45, 7) is 0. The van der Waals surface area contributed by atoms with Gasteiger partial charge in [0.2, 0.25) is 0 Å². The largest absolute Gasteiger partial charge is 0.496 e. The van der Waals surface area contributed by atoms with Crippen molar-refractivity contribution in [3.8, 4) is 5.75 Å². The second-order valence-electron chi connectivity index (χ2n) is 5.87. The van der Waals surface area contributed by atoms with Crippen LogP contribution in [0.3, 0.4) is 0 Å². The molecule has 0 amide bonds. The van der Waals surface area contributed by atoms with E-state index in [0.29, 0.717) is 4.83 Å². The number of ether oxygens (including phenoxy) is 1.